The van der Waals surface area contributed by atoms with Gasteiger partial charge in [-0.05, 0) is 43.5 Å². The van der Waals surface area contributed by atoms with Crippen molar-refractivity contribution < 1.29 is 23.1 Å². The van der Waals surface area contributed by atoms with Crippen LogP contribution in [0.2, 0.25) is 0 Å². The number of hydrogen-bond acceptors (Lipinski definition) is 3. The van der Waals surface area contributed by atoms with Crippen LogP contribution in [0.5, 0.6) is 5.75 Å². The van der Waals surface area contributed by atoms with Crippen LogP contribution in [0.15, 0.2) is 24.3 Å². The number of halogens is 2. The number of alkyl halides is 2. The molecule has 0 spiro atoms. The molecule has 0 aliphatic heterocycles. The molecule has 0 aromatic heterocycles. The van der Waals surface area contributed by atoms with E-state index in [9.17, 15) is 18.4 Å². The Kier molecular flexibility index (Phi) is 10.00. The Morgan fingerprint density at radius 2 is 1.68 bits per heavy atom. The summed E-state index contributed by atoms with van der Waals surface area (Å²) in [7, 11) is 0. The van der Waals surface area contributed by atoms with Crippen LogP contribution in [0, 0.1) is 5.92 Å². The summed E-state index contributed by atoms with van der Waals surface area (Å²) in [4.78, 5) is 21.6. The highest BCUT2D eigenvalue weighted by Gasteiger charge is 2.09. The minimum absolute atomic E-state index is 0.0126. The second kappa shape index (κ2) is 10.9. The Morgan fingerprint density at radius 3 is 2.00 bits per heavy atom. The molecule has 0 amide bonds. The first-order chi connectivity index (χ1) is 10.3. The lowest BCUT2D eigenvalue weighted by Crippen LogP contribution is -2.04. The highest BCUT2D eigenvalue weighted by molar-refractivity contribution is 5.96. The maximum atomic E-state index is 11.9. The molecule has 124 valence electrons. The smallest absolute Gasteiger partial charge is 0.387 e. The SMILES string of the molecule is CC(C)CC(=O)c1ccc(OC(F)F)cc1.CCCC(C)=O. The van der Waals surface area contributed by atoms with Gasteiger partial charge < -0.3 is 9.53 Å². The minimum Gasteiger partial charge on any atom is -0.435 e. The lowest BCUT2D eigenvalue weighted by molar-refractivity contribution is -0.117. The van der Waals surface area contributed by atoms with E-state index in [1.165, 1.54) is 24.3 Å². The first-order valence-electron chi connectivity index (χ1n) is 7.33. The molecule has 0 radical (unpaired) electrons. The van der Waals surface area contributed by atoms with Crippen LogP contribution in [0.1, 0.15) is 57.3 Å². The van der Waals surface area contributed by atoms with Gasteiger partial charge in [-0.25, -0.2) is 0 Å². The molecule has 0 saturated carbocycles. The van der Waals surface area contributed by atoms with Gasteiger partial charge in [0.25, 0.3) is 0 Å². The third-order valence-corrected chi connectivity index (χ3v) is 2.60. The summed E-state index contributed by atoms with van der Waals surface area (Å²) < 4.78 is 27.9. The van der Waals surface area contributed by atoms with Crippen molar-refractivity contribution in [2.75, 3.05) is 0 Å². The van der Waals surface area contributed by atoms with Gasteiger partial charge in [0.05, 0.1) is 0 Å². The van der Waals surface area contributed by atoms with Crippen LogP contribution >= 0.6 is 0 Å². The lowest BCUT2D eigenvalue weighted by atomic mass is 10.0. The number of benzene rings is 1. The van der Waals surface area contributed by atoms with Gasteiger partial charge in [-0.2, -0.15) is 8.78 Å². The summed E-state index contributed by atoms with van der Waals surface area (Å²) in [6, 6.07) is 5.75. The van der Waals surface area contributed by atoms with Crippen LogP contribution in [-0.4, -0.2) is 18.2 Å². The molecule has 1 aromatic rings. The third kappa shape index (κ3) is 10.0. The molecule has 5 heteroatoms. The molecule has 0 aliphatic carbocycles. The van der Waals surface area contributed by atoms with Crippen molar-refractivity contribution in [3.63, 3.8) is 0 Å². The number of rotatable bonds is 7. The monoisotopic (exact) mass is 314 g/mol. The molecule has 0 aliphatic rings. The zero-order valence-corrected chi connectivity index (χ0v) is 13.6. The Labute approximate surface area is 130 Å². The van der Waals surface area contributed by atoms with E-state index < -0.39 is 6.61 Å². The lowest BCUT2D eigenvalue weighted by Gasteiger charge is -2.06. The van der Waals surface area contributed by atoms with E-state index in [1.54, 1.807) is 6.92 Å². The molecule has 0 unspecified atom stereocenters. The average Bonchev–Trinajstić information content (AvgIpc) is 2.38. The standard InChI is InChI=1S/C12H14F2O2.C5H10O/c1-8(2)7-11(15)9-3-5-10(6-4-9)16-12(13)14;1-3-4-5(2)6/h3-6,8,12H,7H2,1-2H3;3-4H2,1-2H3. The number of ketones is 2. The predicted molar refractivity (Wildman–Crippen MR) is 82.4 cm³/mol. The third-order valence-electron chi connectivity index (χ3n) is 2.60. The van der Waals surface area contributed by atoms with E-state index in [0.717, 1.165) is 12.8 Å². The van der Waals surface area contributed by atoms with Crippen molar-refractivity contribution in [3.8, 4) is 5.75 Å². The Hall–Kier alpha value is -1.78. The summed E-state index contributed by atoms with van der Waals surface area (Å²) in [6.07, 6.45) is 2.17. The van der Waals surface area contributed by atoms with E-state index in [4.69, 9.17) is 0 Å². The van der Waals surface area contributed by atoms with Crippen molar-refractivity contribution in [1.29, 1.82) is 0 Å². The average molecular weight is 314 g/mol. The number of hydrogen-bond donors (Lipinski definition) is 0. The van der Waals surface area contributed by atoms with Crippen molar-refractivity contribution in [1.82, 2.24) is 0 Å². The zero-order chi connectivity index (χ0) is 17.1. The van der Waals surface area contributed by atoms with Crippen molar-refractivity contribution in [3.05, 3.63) is 29.8 Å². The zero-order valence-electron chi connectivity index (χ0n) is 13.6. The Balaban J connectivity index is 0.000000626. The molecular weight excluding hydrogens is 290 g/mol. The van der Waals surface area contributed by atoms with Gasteiger partial charge in [-0.1, -0.05) is 20.8 Å². The van der Waals surface area contributed by atoms with Crippen LogP contribution in [0.25, 0.3) is 0 Å². The predicted octanol–water partition coefficient (Wildman–Crippen LogP) is 4.89. The molecular formula is C17H24F2O3. The normalized spacial score (nSPS) is 10.2. The maximum absolute atomic E-state index is 11.9. The number of carbonyl (C=O) groups excluding carboxylic acids is 2. The molecule has 0 bridgehead atoms. The molecule has 0 heterocycles. The summed E-state index contributed by atoms with van der Waals surface area (Å²) in [5.41, 5.74) is 0.523. The van der Waals surface area contributed by atoms with Gasteiger partial charge in [0.15, 0.2) is 5.78 Å². The van der Waals surface area contributed by atoms with Gasteiger partial charge in [0, 0.05) is 18.4 Å². The minimum atomic E-state index is -2.84. The van der Waals surface area contributed by atoms with Gasteiger partial charge in [-0.3, -0.25) is 4.79 Å². The fourth-order valence-electron chi connectivity index (χ4n) is 1.66. The summed E-state index contributed by atoms with van der Waals surface area (Å²) >= 11 is 0. The summed E-state index contributed by atoms with van der Waals surface area (Å²) in [6.45, 7) is 4.68. The van der Waals surface area contributed by atoms with Crippen molar-refractivity contribution in [2.45, 2.75) is 53.6 Å². The highest BCUT2D eigenvalue weighted by Crippen LogP contribution is 2.16. The molecule has 0 atom stereocenters. The van der Waals surface area contributed by atoms with Crippen LogP contribution in [0.3, 0.4) is 0 Å². The molecule has 0 fully saturated rings. The van der Waals surface area contributed by atoms with Crippen molar-refractivity contribution >= 4 is 11.6 Å². The van der Waals surface area contributed by atoms with Crippen LogP contribution in [-0.2, 0) is 4.79 Å². The second-order valence-electron chi connectivity index (χ2n) is 5.38. The second-order valence-corrected chi connectivity index (χ2v) is 5.38. The highest BCUT2D eigenvalue weighted by atomic mass is 19.3. The van der Waals surface area contributed by atoms with E-state index >= 15 is 0 Å². The van der Waals surface area contributed by atoms with E-state index in [1.807, 2.05) is 20.8 Å². The van der Waals surface area contributed by atoms with E-state index in [2.05, 4.69) is 4.74 Å². The van der Waals surface area contributed by atoms with E-state index in [0.29, 0.717) is 12.0 Å². The Morgan fingerprint density at radius 1 is 1.14 bits per heavy atom. The van der Waals surface area contributed by atoms with Crippen molar-refractivity contribution in [2.24, 2.45) is 5.92 Å². The number of carbonyl (C=O) groups is 2. The molecule has 0 saturated heterocycles. The molecule has 1 rings (SSSR count). The van der Waals surface area contributed by atoms with Gasteiger partial charge in [0.2, 0.25) is 0 Å². The molecule has 0 N–H and O–H groups in total. The number of Topliss-reactive ketones (excluding diaryl/α,β-unsaturated/α-hetero) is 2. The largest absolute Gasteiger partial charge is 0.435 e. The fourth-order valence-corrected chi connectivity index (χ4v) is 1.66. The summed E-state index contributed by atoms with van der Waals surface area (Å²) in [5.74, 6) is 0.650. The number of ether oxygens (including phenoxy) is 1. The van der Waals surface area contributed by atoms with Crippen LogP contribution < -0.4 is 4.74 Å². The first-order valence-corrected chi connectivity index (χ1v) is 7.33. The molecule has 1 aromatic carbocycles. The first kappa shape index (κ1) is 20.2. The quantitative estimate of drug-likeness (QED) is 0.673. The molecule has 3 nitrogen and oxygen atoms in total. The molecule has 22 heavy (non-hydrogen) atoms. The summed E-state index contributed by atoms with van der Waals surface area (Å²) in [5, 5.41) is 0. The topological polar surface area (TPSA) is 43.4 Å². The Bertz CT molecular complexity index is 453. The van der Waals surface area contributed by atoms with Gasteiger partial charge in [-0.15, -0.1) is 0 Å². The van der Waals surface area contributed by atoms with Gasteiger partial charge >= 0.3 is 6.61 Å². The van der Waals surface area contributed by atoms with Crippen LogP contribution in [0.4, 0.5) is 8.78 Å². The van der Waals surface area contributed by atoms with E-state index in [-0.39, 0.29) is 23.2 Å². The maximum Gasteiger partial charge on any atom is 0.387 e. The fraction of sp³-hybridized carbons (Fsp3) is 0.529. The van der Waals surface area contributed by atoms with Gasteiger partial charge in [0.1, 0.15) is 11.5 Å².